The predicted molar refractivity (Wildman–Crippen MR) is 113 cm³/mol. The van der Waals surface area contributed by atoms with Crippen LogP contribution in [-0.2, 0) is 21.7 Å². The molecule has 0 saturated heterocycles. The van der Waals surface area contributed by atoms with E-state index in [2.05, 4.69) is 26.0 Å². The second kappa shape index (κ2) is 10.9. The van der Waals surface area contributed by atoms with Crippen LogP contribution in [0.25, 0.3) is 0 Å². The monoisotopic (exact) mass is 383 g/mol. The second-order valence-corrected chi connectivity index (χ2v) is 7.23. The Hall–Kier alpha value is -2.33. The standard InChI is InChI=1S/C24H33NO3/c1-4-6-17-28-24(5-2,16-15-23(25)26)21-13-9-8-12-20(21)18-27-22-14-10-7-11-19(22)3/h7-14H,4-6,15-18H2,1-3H3,(H2,25,26). The Morgan fingerprint density at radius 3 is 2.46 bits per heavy atom. The molecular formula is C24H33NO3. The maximum Gasteiger partial charge on any atom is 0.217 e. The largest absolute Gasteiger partial charge is 0.489 e. The Morgan fingerprint density at radius 2 is 1.79 bits per heavy atom. The minimum Gasteiger partial charge on any atom is -0.489 e. The lowest BCUT2D eigenvalue weighted by molar-refractivity contribution is -0.121. The third-order valence-electron chi connectivity index (χ3n) is 5.21. The second-order valence-electron chi connectivity index (χ2n) is 7.23. The van der Waals surface area contributed by atoms with Gasteiger partial charge in [0.2, 0.25) is 5.91 Å². The van der Waals surface area contributed by atoms with Crippen LogP contribution in [0, 0.1) is 6.92 Å². The number of carbonyl (C=O) groups is 1. The number of primary amides is 1. The molecule has 0 aromatic heterocycles. The van der Waals surface area contributed by atoms with E-state index in [0.29, 0.717) is 26.1 Å². The average molecular weight is 384 g/mol. The first kappa shape index (κ1) is 22.0. The van der Waals surface area contributed by atoms with Crippen molar-refractivity contribution in [3.8, 4) is 5.75 Å². The van der Waals surface area contributed by atoms with Gasteiger partial charge in [0, 0.05) is 13.0 Å². The number of amides is 1. The summed E-state index contributed by atoms with van der Waals surface area (Å²) < 4.78 is 12.5. The molecule has 0 heterocycles. The number of ether oxygens (including phenoxy) is 2. The van der Waals surface area contributed by atoms with Crippen LogP contribution in [0.2, 0.25) is 0 Å². The van der Waals surface area contributed by atoms with Crippen LogP contribution in [-0.4, -0.2) is 12.5 Å². The summed E-state index contributed by atoms with van der Waals surface area (Å²) >= 11 is 0. The lowest BCUT2D eigenvalue weighted by Crippen LogP contribution is -2.33. The summed E-state index contributed by atoms with van der Waals surface area (Å²) in [4.78, 5) is 11.5. The quantitative estimate of drug-likeness (QED) is 0.508. The molecule has 4 heteroatoms. The van der Waals surface area contributed by atoms with Crippen LogP contribution in [0.15, 0.2) is 48.5 Å². The first-order valence-electron chi connectivity index (χ1n) is 10.2. The van der Waals surface area contributed by atoms with Gasteiger partial charge in [0.25, 0.3) is 0 Å². The number of nitrogens with two attached hydrogens (primary N) is 1. The van der Waals surface area contributed by atoms with Gasteiger partial charge in [0.15, 0.2) is 0 Å². The third-order valence-corrected chi connectivity index (χ3v) is 5.21. The summed E-state index contributed by atoms with van der Waals surface area (Å²) in [5.41, 5.74) is 8.20. The topological polar surface area (TPSA) is 61.5 Å². The lowest BCUT2D eigenvalue weighted by atomic mass is 9.83. The van der Waals surface area contributed by atoms with Crippen LogP contribution in [0.1, 0.15) is 62.6 Å². The maximum atomic E-state index is 11.5. The molecule has 0 fully saturated rings. The predicted octanol–water partition coefficient (Wildman–Crippen LogP) is 5.26. The van der Waals surface area contributed by atoms with Gasteiger partial charge in [-0.3, -0.25) is 4.79 Å². The van der Waals surface area contributed by atoms with Crippen molar-refractivity contribution in [3.05, 3.63) is 65.2 Å². The number of hydrogen-bond acceptors (Lipinski definition) is 3. The molecule has 2 aromatic carbocycles. The first-order valence-corrected chi connectivity index (χ1v) is 10.2. The molecule has 0 aliphatic rings. The highest BCUT2D eigenvalue weighted by Gasteiger charge is 2.33. The zero-order valence-corrected chi connectivity index (χ0v) is 17.4. The molecule has 2 aromatic rings. The molecule has 2 rings (SSSR count). The van der Waals surface area contributed by atoms with Crippen molar-refractivity contribution in [2.24, 2.45) is 5.73 Å². The number of unbranched alkanes of at least 4 members (excludes halogenated alkanes) is 1. The molecule has 0 radical (unpaired) electrons. The van der Waals surface area contributed by atoms with Crippen LogP contribution in [0.4, 0.5) is 0 Å². The molecule has 1 amide bonds. The van der Waals surface area contributed by atoms with Crippen molar-refractivity contribution >= 4 is 5.91 Å². The van der Waals surface area contributed by atoms with E-state index < -0.39 is 5.60 Å². The van der Waals surface area contributed by atoms with Crippen molar-refractivity contribution < 1.29 is 14.3 Å². The number of aryl methyl sites for hydroxylation is 1. The van der Waals surface area contributed by atoms with Crippen molar-refractivity contribution in [2.45, 2.75) is 65.1 Å². The van der Waals surface area contributed by atoms with Crippen LogP contribution >= 0.6 is 0 Å². The number of benzene rings is 2. The van der Waals surface area contributed by atoms with Gasteiger partial charge in [0.1, 0.15) is 12.4 Å². The van der Waals surface area contributed by atoms with Gasteiger partial charge in [0.05, 0.1) is 5.60 Å². The fraction of sp³-hybridized carbons (Fsp3) is 0.458. The molecule has 0 saturated carbocycles. The summed E-state index contributed by atoms with van der Waals surface area (Å²) in [6, 6.07) is 16.2. The SMILES string of the molecule is CCCCOC(CC)(CCC(N)=O)c1ccccc1COc1ccccc1C. The number of hydrogen-bond donors (Lipinski definition) is 1. The molecule has 0 spiro atoms. The van der Waals surface area contributed by atoms with E-state index in [1.165, 1.54) is 0 Å². The van der Waals surface area contributed by atoms with Gasteiger partial charge >= 0.3 is 0 Å². The van der Waals surface area contributed by atoms with E-state index in [-0.39, 0.29) is 5.91 Å². The molecule has 28 heavy (non-hydrogen) atoms. The van der Waals surface area contributed by atoms with Crippen LogP contribution in [0.3, 0.4) is 0 Å². The van der Waals surface area contributed by atoms with E-state index in [1.54, 1.807) is 0 Å². The van der Waals surface area contributed by atoms with Gasteiger partial charge in [-0.05, 0) is 48.9 Å². The molecule has 4 nitrogen and oxygen atoms in total. The number of rotatable bonds is 12. The van der Waals surface area contributed by atoms with Gasteiger partial charge in [-0.25, -0.2) is 0 Å². The molecule has 0 aliphatic carbocycles. The Labute approximate surface area is 169 Å². The molecule has 1 atom stereocenters. The van der Waals surface area contributed by atoms with Crippen LogP contribution in [0.5, 0.6) is 5.75 Å². The van der Waals surface area contributed by atoms with Gasteiger partial charge in [-0.15, -0.1) is 0 Å². The minimum absolute atomic E-state index is 0.299. The van der Waals surface area contributed by atoms with Crippen molar-refractivity contribution in [1.29, 1.82) is 0 Å². The first-order chi connectivity index (χ1) is 13.5. The molecule has 0 bridgehead atoms. The highest BCUT2D eigenvalue weighted by Crippen LogP contribution is 2.37. The average Bonchev–Trinajstić information content (AvgIpc) is 2.70. The minimum atomic E-state index is -0.532. The summed E-state index contributed by atoms with van der Waals surface area (Å²) in [7, 11) is 0. The summed E-state index contributed by atoms with van der Waals surface area (Å²) in [5, 5.41) is 0. The van der Waals surface area contributed by atoms with Gasteiger partial charge < -0.3 is 15.2 Å². The Balaban J connectivity index is 2.31. The third kappa shape index (κ3) is 5.83. The van der Waals surface area contributed by atoms with E-state index in [9.17, 15) is 4.79 Å². The Kier molecular flexibility index (Phi) is 8.52. The van der Waals surface area contributed by atoms with Crippen molar-refractivity contribution in [3.63, 3.8) is 0 Å². The summed E-state index contributed by atoms with van der Waals surface area (Å²) in [5.74, 6) is 0.578. The van der Waals surface area contributed by atoms with E-state index in [0.717, 1.165) is 41.7 Å². The normalized spacial score (nSPS) is 13.1. The van der Waals surface area contributed by atoms with Crippen LogP contribution < -0.4 is 10.5 Å². The van der Waals surface area contributed by atoms with E-state index in [1.807, 2.05) is 43.3 Å². The molecule has 1 unspecified atom stereocenters. The summed E-state index contributed by atoms with van der Waals surface area (Å²) in [6.07, 6.45) is 3.69. The zero-order valence-electron chi connectivity index (χ0n) is 17.4. The Morgan fingerprint density at radius 1 is 1.07 bits per heavy atom. The number of carbonyl (C=O) groups excluding carboxylic acids is 1. The molecule has 152 valence electrons. The Bertz CT molecular complexity index is 759. The summed E-state index contributed by atoms with van der Waals surface area (Å²) in [6.45, 7) is 7.40. The van der Waals surface area contributed by atoms with E-state index in [4.69, 9.17) is 15.2 Å². The molecule has 2 N–H and O–H groups in total. The number of para-hydroxylation sites is 1. The molecular weight excluding hydrogens is 350 g/mol. The van der Waals surface area contributed by atoms with Crippen molar-refractivity contribution in [1.82, 2.24) is 0 Å². The lowest BCUT2D eigenvalue weighted by Gasteiger charge is -2.35. The smallest absolute Gasteiger partial charge is 0.217 e. The van der Waals surface area contributed by atoms with Gasteiger partial charge in [-0.2, -0.15) is 0 Å². The fourth-order valence-corrected chi connectivity index (χ4v) is 3.46. The van der Waals surface area contributed by atoms with Gasteiger partial charge in [-0.1, -0.05) is 62.7 Å². The molecule has 0 aliphatic heterocycles. The fourth-order valence-electron chi connectivity index (χ4n) is 3.46. The highest BCUT2D eigenvalue weighted by atomic mass is 16.5. The van der Waals surface area contributed by atoms with E-state index >= 15 is 0 Å². The van der Waals surface area contributed by atoms with Crippen molar-refractivity contribution in [2.75, 3.05) is 6.61 Å². The maximum absolute atomic E-state index is 11.5. The zero-order chi connectivity index (χ0) is 20.4. The highest BCUT2D eigenvalue weighted by molar-refractivity contribution is 5.73.